The number of benzene rings is 2. The highest BCUT2D eigenvalue weighted by molar-refractivity contribution is 5.67. The molecule has 2 amide bonds. The number of carbonyl (C=O) groups is 2. The number of alkyl carbamates (subject to hydrolysis) is 2. The molecule has 10 nitrogen and oxygen atoms in total. The van der Waals surface area contributed by atoms with E-state index in [2.05, 4.69) is 61.6 Å². The van der Waals surface area contributed by atoms with Gasteiger partial charge < -0.3 is 29.2 Å². The van der Waals surface area contributed by atoms with E-state index in [0.29, 0.717) is 19.5 Å². The van der Waals surface area contributed by atoms with Crippen LogP contribution in [0.2, 0.25) is 0 Å². The average Bonchev–Trinajstić information content (AvgIpc) is 3.79. The molecule has 2 aliphatic rings. The zero-order valence-electron chi connectivity index (χ0n) is 23.5. The van der Waals surface area contributed by atoms with Crippen molar-refractivity contribution in [1.29, 1.82) is 0 Å². The van der Waals surface area contributed by atoms with Crippen LogP contribution in [-0.4, -0.2) is 44.4 Å². The molecule has 0 saturated carbocycles. The molecule has 0 saturated heterocycles. The third-order valence-electron chi connectivity index (χ3n) is 7.93. The van der Waals surface area contributed by atoms with Gasteiger partial charge >= 0.3 is 12.2 Å². The Balaban J connectivity index is 0.879. The lowest BCUT2D eigenvalue weighted by atomic mass is 10.0. The quantitative estimate of drug-likeness (QED) is 0.238. The molecule has 2 N–H and O–H groups in total. The van der Waals surface area contributed by atoms with E-state index in [-0.39, 0.29) is 18.2 Å². The summed E-state index contributed by atoms with van der Waals surface area (Å²) in [5.41, 5.74) is 3.62. The molecular weight excluding hydrogens is 532 g/mol. The second-order valence-corrected chi connectivity index (χ2v) is 10.8. The van der Waals surface area contributed by atoms with Gasteiger partial charge in [0.15, 0.2) is 18.0 Å². The number of imidazole rings is 2. The van der Waals surface area contributed by atoms with Crippen molar-refractivity contribution >= 4 is 12.2 Å². The van der Waals surface area contributed by atoms with Crippen LogP contribution in [0.3, 0.4) is 0 Å². The van der Waals surface area contributed by atoms with E-state index in [9.17, 15) is 9.59 Å². The van der Waals surface area contributed by atoms with Gasteiger partial charge in [0.1, 0.15) is 5.82 Å². The molecule has 0 spiro atoms. The largest absolute Gasteiger partial charge is 0.438 e. The Hall–Kier alpha value is -4.60. The van der Waals surface area contributed by atoms with Crippen molar-refractivity contribution in [2.45, 2.75) is 63.3 Å². The van der Waals surface area contributed by atoms with Crippen molar-refractivity contribution in [1.82, 2.24) is 29.7 Å². The molecule has 4 heterocycles. The SMILES string of the molecule is O=C(NCCCc1cccc(CCCNC(=O)O[C@@H]2CCn3ccnc32)c1)OC1CC(c2ccccc2)n2ccnc21. The fourth-order valence-electron chi connectivity index (χ4n) is 5.88. The minimum atomic E-state index is -0.416. The summed E-state index contributed by atoms with van der Waals surface area (Å²) in [6.07, 6.45) is 10.6. The number of aromatic nitrogens is 4. The summed E-state index contributed by atoms with van der Waals surface area (Å²) in [5.74, 6) is 1.59. The topological polar surface area (TPSA) is 112 Å². The van der Waals surface area contributed by atoms with Gasteiger partial charge in [0.25, 0.3) is 0 Å². The lowest BCUT2D eigenvalue weighted by Crippen LogP contribution is -2.27. The van der Waals surface area contributed by atoms with Crippen LogP contribution >= 0.6 is 0 Å². The maximum Gasteiger partial charge on any atom is 0.407 e. The van der Waals surface area contributed by atoms with Gasteiger partial charge in [-0.15, -0.1) is 0 Å². The van der Waals surface area contributed by atoms with E-state index in [1.54, 1.807) is 12.4 Å². The summed E-state index contributed by atoms with van der Waals surface area (Å²) in [6, 6.07) is 18.8. The monoisotopic (exact) mass is 568 g/mol. The Morgan fingerprint density at radius 3 is 2.21 bits per heavy atom. The lowest BCUT2D eigenvalue weighted by molar-refractivity contribution is 0.0944. The zero-order valence-corrected chi connectivity index (χ0v) is 23.5. The Morgan fingerprint density at radius 2 is 1.48 bits per heavy atom. The summed E-state index contributed by atoms with van der Waals surface area (Å²) in [4.78, 5) is 33.5. The summed E-state index contributed by atoms with van der Waals surface area (Å²) in [7, 11) is 0. The molecule has 0 bridgehead atoms. The first-order valence-electron chi connectivity index (χ1n) is 14.7. The molecule has 6 rings (SSSR count). The fourth-order valence-corrected chi connectivity index (χ4v) is 5.88. The van der Waals surface area contributed by atoms with Crippen molar-refractivity contribution in [2.24, 2.45) is 0 Å². The van der Waals surface area contributed by atoms with Gasteiger partial charge in [-0.3, -0.25) is 0 Å². The van der Waals surface area contributed by atoms with Crippen molar-refractivity contribution < 1.29 is 19.1 Å². The summed E-state index contributed by atoms with van der Waals surface area (Å²) in [5, 5.41) is 5.75. The number of aryl methyl sites for hydroxylation is 3. The molecule has 0 aliphatic carbocycles. The van der Waals surface area contributed by atoms with Crippen LogP contribution in [-0.2, 0) is 28.9 Å². The Kier molecular flexibility index (Phi) is 8.48. The first-order chi connectivity index (χ1) is 20.6. The molecule has 2 aromatic heterocycles. The molecule has 218 valence electrons. The van der Waals surface area contributed by atoms with Gasteiger partial charge in [-0.1, -0.05) is 54.6 Å². The fraction of sp³-hybridized carbons (Fsp3) is 0.375. The molecule has 42 heavy (non-hydrogen) atoms. The second kappa shape index (κ2) is 12.9. The number of fused-ring (bicyclic) bond motifs is 2. The lowest BCUT2D eigenvalue weighted by Gasteiger charge is -2.14. The summed E-state index contributed by atoms with van der Waals surface area (Å²) in [6.45, 7) is 1.90. The Bertz CT molecular complexity index is 1500. The van der Waals surface area contributed by atoms with Crippen LogP contribution in [0.15, 0.2) is 79.4 Å². The third kappa shape index (κ3) is 6.48. The van der Waals surface area contributed by atoms with Crippen LogP contribution in [0, 0.1) is 0 Å². The molecule has 3 atom stereocenters. The van der Waals surface area contributed by atoms with Crippen LogP contribution in [0.25, 0.3) is 0 Å². The average molecular weight is 569 g/mol. The number of rotatable bonds is 11. The number of hydrogen-bond donors (Lipinski definition) is 2. The number of nitrogens with zero attached hydrogens (tertiary/aromatic N) is 4. The van der Waals surface area contributed by atoms with Gasteiger partial charge in [0.05, 0.1) is 6.04 Å². The van der Waals surface area contributed by atoms with E-state index < -0.39 is 12.2 Å². The van der Waals surface area contributed by atoms with Gasteiger partial charge in [0, 0.05) is 57.3 Å². The minimum Gasteiger partial charge on any atom is -0.438 e. The molecule has 4 aromatic rings. The van der Waals surface area contributed by atoms with Gasteiger partial charge in [-0.2, -0.15) is 0 Å². The third-order valence-corrected chi connectivity index (χ3v) is 7.93. The molecule has 2 aliphatic heterocycles. The van der Waals surface area contributed by atoms with E-state index in [4.69, 9.17) is 9.47 Å². The maximum atomic E-state index is 12.6. The molecule has 0 fully saturated rings. The number of nitrogens with one attached hydrogen (secondary N) is 2. The molecule has 2 unspecified atom stereocenters. The zero-order chi connectivity index (χ0) is 28.7. The summed E-state index contributed by atoms with van der Waals surface area (Å²) >= 11 is 0. The number of carbonyl (C=O) groups excluding carboxylic acids is 2. The van der Waals surface area contributed by atoms with E-state index in [0.717, 1.165) is 50.3 Å². The van der Waals surface area contributed by atoms with Crippen LogP contribution in [0.4, 0.5) is 9.59 Å². The minimum absolute atomic E-state index is 0.113. The highest BCUT2D eigenvalue weighted by Gasteiger charge is 2.35. The van der Waals surface area contributed by atoms with Crippen LogP contribution < -0.4 is 10.6 Å². The Morgan fingerprint density at radius 1 is 0.810 bits per heavy atom. The Labute approximate surface area is 245 Å². The molecule has 10 heteroatoms. The normalized spacial score (nSPS) is 18.7. The predicted octanol–water partition coefficient (Wildman–Crippen LogP) is 5.28. The van der Waals surface area contributed by atoms with Gasteiger partial charge in [-0.05, 0) is 42.4 Å². The molecular formula is C32H36N6O4. The van der Waals surface area contributed by atoms with Crippen molar-refractivity contribution in [2.75, 3.05) is 13.1 Å². The van der Waals surface area contributed by atoms with Crippen molar-refractivity contribution in [3.8, 4) is 0 Å². The molecule has 2 aromatic carbocycles. The molecule has 0 radical (unpaired) electrons. The predicted molar refractivity (Wildman–Crippen MR) is 156 cm³/mol. The highest BCUT2D eigenvalue weighted by atomic mass is 16.6. The van der Waals surface area contributed by atoms with Gasteiger partial charge in [-0.25, -0.2) is 19.6 Å². The van der Waals surface area contributed by atoms with Crippen molar-refractivity contribution in [3.63, 3.8) is 0 Å². The number of hydrogen-bond acceptors (Lipinski definition) is 6. The highest BCUT2D eigenvalue weighted by Crippen LogP contribution is 2.39. The van der Waals surface area contributed by atoms with E-state index in [1.807, 2.05) is 35.2 Å². The smallest absolute Gasteiger partial charge is 0.407 e. The number of amides is 2. The van der Waals surface area contributed by atoms with Crippen LogP contribution in [0.1, 0.15) is 72.3 Å². The standard InChI is InChI=1S/C32H36N6O4/c39-31(41-27-13-18-37-19-16-33-29(27)37)35-14-5-9-23-7-4-8-24(21-23)10-6-15-36-32(40)42-28-22-26(25-11-2-1-3-12-25)38-20-17-34-30(28)38/h1-4,7-8,11-12,16-17,19-21,26-28H,5-6,9-10,13-15,18,22H2,(H,35,39)(H,36,40)/t26?,27-,28?/m1/s1. The summed E-state index contributed by atoms with van der Waals surface area (Å²) < 4.78 is 15.4. The van der Waals surface area contributed by atoms with Crippen molar-refractivity contribution in [3.05, 3.63) is 108 Å². The van der Waals surface area contributed by atoms with Crippen LogP contribution in [0.5, 0.6) is 0 Å². The van der Waals surface area contributed by atoms with Gasteiger partial charge in [0.2, 0.25) is 0 Å². The van der Waals surface area contributed by atoms with E-state index >= 15 is 0 Å². The second-order valence-electron chi connectivity index (χ2n) is 10.8. The maximum absolute atomic E-state index is 12.6. The van der Waals surface area contributed by atoms with E-state index in [1.165, 1.54) is 16.7 Å². The first-order valence-corrected chi connectivity index (χ1v) is 14.7. The first kappa shape index (κ1) is 27.6. The number of ether oxygens (including phenoxy) is 2.